The van der Waals surface area contributed by atoms with Gasteiger partial charge in [0.25, 0.3) is 0 Å². The van der Waals surface area contributed by atoms with Gasteiger partial charge >= 0.3 is 5.97 Å². The number of carboxylic acids is 1. The molecule has 0 bridgehead atoms. The standard InChI is InChI=1S/C19H27ClN2O4/c20-16-13-15(14-22-6-2-1-3-17(22)19(23)24)4-5-18(16)26-12-9-21-7-10-25-11-8-21/h4-5,13,17H,1-3,6-12,14H2,(H,23,24). The van der Waals surface area contributed by atoms with E-state index in [1.165, 1.54) is 0 Å². The molecule has 0 radical (unpaired) electrons. The highest BCUT2D eigenvalue weighted by Crippen LogP contribution is 2.27. The Morgan fingerprint density at radius 1 is 1.27 bits per heavy atom. The van der Waals surface area contributed by atoms with Crippen LogP contribution in [0, 0.1) is 0 Å². The topological polar surface area (TPSA) is 62.2 Å². The van der Waals surface area contributed by atoms with Crippen LogP contribution in [-0.4, -0.2) is 72.9 Å². The second-order valence-electron chi connectivity index (χ2n) is 6.89. The minimum absolute atomic E-state index is 0.396. The Morgan fingerprint density at radius 2 is 2.08 bits per heavy atom. The monoisotopic (exact) mass is 382 g/mol. The van der Waals surface area contributed by atoms with Crippen molar-refractivity contribution in [3.05, 3.63) is 28.8 Å². The maximum Gasteiger partial charge on any atom is 0.320 e. The average molecular weight is 383 g/mol. The lowest BCUT2D eigenvalue weighted by molar-refractivity contribution is -0.144. The first-order valence-corrected chi connectivity index (χ1v) is 9.69. The van der Waals surface area contributed by atoms with E-state index in [1.54, 1.807) is 0 Å². The molecule has 144 valence electrons. The number of piperidine rings is 1. The predicted octanol–water partition coefficient (Wildman–Crippen LogP) is 2.49. The third-order valence-corrected chi connectivity index (χ3v) is 5.34. The summed E-state index contributed by atoms with van der Waals surface area (Å²) in [5.41, 5.74) is 1.02. The van der Waals surface area contributed by atoms with Crippen molar-refractivity contribution in [3.8, 4) is 5.75 Å². The van der Waals surface area contributed by atoms with Crippen molar-refractivity contribution in [3.63, 3.8) is 0 Å². The number of hydrogen-bond donors (Lipinski definition) is 1. The van der Waals surface area contributed by atoms with E-state index in [4.69, 9.17) is 21.1 Å². The summed E-state index contributed by atoms with van der Waals surface area (Å²) in [6, 6.07) is 5.35. The molecule has 2 aliphatic rings. The zero-order valence-electron chi connectivity index (χ0n) is 15.0. The maximum atomic E-state index is 11.4. The summed E-state index contributed by atoms with van der Waals surface area (Å²) in [6.45, 7) is 6.30. The Hall–Kier alpha value is -1.34. The van der Waals surface area contributed by atoms with Crippen LogP contribution in [0.25, 0.3) is 0 Å². The van der Waals surface area contributed by atoms with E-state index >= 15 is 0 Å². The average Bonchev–Trinajstić information content (AvgIpc) is 2.65. The number of morpholine rings is 1. The SMILES string of the molecule is O=C(O)C1CCCCN1Cc1ccc(OCCN2CCOCC2)c(Cl)c1. The fourth-order valence-corrected chi connectivity index (χ4v) is 3.82. The summed E-state index contributed by atoms with van der Waals surface area (Å²) < 4.78 is 11.2. The highest BCUT2D eigenvalue weighted by Gasteiger charge is 2.28. The number of aliphatic carboxylic acids is 1. The molecule has 0 aromatic heterocycles. The molecule has 1 unspecified atom stereocenters. The first-order valence-electron chi connectivity index (χ1n) is 9.31. The van der Waals surface area contributed by atoms with Gasteiger partial charge in [0.2, 0.25) is 0 Å². The van der Waals surface area contributed by atoms with E-state index in [0.29, 0.717) is 30.3 Å². The van der Waals surface area contributed by atoms with Crippen molar-refractivity contribution >= 4 is 17.6 Å². The Balaban J connectivity index is 1.52. The minimum atomic E-state index is -0.737. The van der Waals surface area contributed by atoms with Crippen molar-refractivity contribution < 1.29 is 19.4 Å². The van der Waals surface area contributed by atoms with Gasteiger partial charge in [0.05, 0.1) is 18.2 Å². The lowest BCUT2D eigenvalue weighted by Crippen LogP contribution is -2.43. The van der Waals surface area contributed by atoms with Crippen LogP contribution >= 0.6 is 11.6 Å². The van der Waals surface area contributed by atoms with E-state index < -0.39 is 12.0 Å². The number of carboxylic acid groups (broad SMARTS) is 1. The van der Waals surface area contributed by atoms with Crippen LogP contribution in [0.3, 0.4) is 0 Å². The number of rotatable bonds is 7. The summed E-state index contributed by atoms with van der Waals surface area (Å²) in [7, 11) is 0. The van der Waals surface area contributed by atoms with Gasteiger partial charge in [0, 0.05) is 26.2 Å². The lowest BCUT2D eigenvalue weighted by atomic mass is 10.0. The molecule has 2 saturated heterocycles. The molecule has 3 rings (SSSR count). The van der Waals surface area contributed by atoms with E-state index in [-0.39, 0.29) is 0 Å². The maximum absolute atomic E-state index is 11.4. The van der Waals surface area contributed by atoms with E-state index in [9.17, 15) is 9.90 Å². The van der Waals surface area contributed by atoms with Gasteiger partial charge < -0.3 is 14.6 Å². The molecule has 1 N–H and O–H groups in total. The second-order valence-corrected chi connectivity index (χ2v) is 7.29. The van der Waals surface area contributed by atoms with Crippen LogP contribution in [0.5, 0.6) is 5.75 Å². The first-order chi connectivity index (χ1) is 12.6. The Labute approximate surface area is 159 Å². The van der Waals surface area contributed by atoms with Crippen LogP contribution in [0.15, 0.2) is 18.2 Å². The lowest BCUT2D eigenvalue weighted by Gasteiger charge is -2.32. The number of hydrogen-bond acceptors (Lipinski definition) is 5. The smallest absolute Gasteiger partial charge is 0.320 e. The van der Waals surface area contributed by atoms with Crippen molar-refractivity contribution in [1.82, 2.24) is 9.80 Å². The van der Waals surface area contributed by atoms with Gasteiger partial charge in [0.15, 0.2) is 0 Å². The van der Waals surface area contributed by atoms with E-state index in [0.717, 1.165) is 57.8 Å². The van der Waals surface area contributed by atoms with Gasteiger partial charge in [-0.15, -0.1) is 0 Å². The third-order valence-electron chi connectivity index (χ3n) is 5.05. The molecular formula is C19H27ClN2O4. The number of benzene rings is 1. The Bertz CT molecular complexity index is 607. The van der Waals surface area contributed by atoms with Crippen LogP contribution < -0.4 is 4.74 Å². The molecule has 26 heavy (non-hydrogen) atoms. The normalized spacial score (nSPS) is 22.3. The zero-order valence-corrected chi connectivity index (χ0v) is 15.8. The molecule has 2 fully saturated rings. The van der Waals surface area contributed by atoms with Crippen LogP contribution in [-0.2, 0) is 16.1 Å². The summed E-state index contributed by atoms with van der Waals surface area (Å²) in [6.07, 6.45) is 2.73. The zero-order chi connectivity index (χ0) is 18.4. The van der Waals surface area contributed by atoms with Crippen molar-refractivity contribution in [2.45, 2.75) is 31.8 Å². The molecule has 1 aromatic rings. The quantitative estimate of drug-likeness (QED) is 0.781. The van der Waals surface area contributed by atoms with Crippen molar-refractivity contribution in [2.75, 3.05) is 46.0 Å². The van der Waals surface area contributed by atoms with Gasteiger partial charge in [0.1, 0.15) is 18.4 Å². The van der Waals surface area contributed by atoms with Crippen molar-refractivity contribution in [2.24, 2.45) is 0 Å². The Kier molecular flexibility index (Phi) is 7.14. The molecule has 0 saturated carbocycles. The summed E-state index contributed by atoms with van der Waals surface area (Å²) in [4.78, 5) is 15.8. The Morgan fingerprint density at radius 3 is 2.81 bits per heavy atom. The number of ether oxygens (including phenoxy) is 2. The highest BCUT2D eigenvalue weighted by molar-refractivity contribution is 6.32. The van der Waals surface area contributed by atoms with Crippen LogP contribution in [0.1, 0.15) is 24.8 Å². The second kappa shape index (κ2) is 9.55. The first kappa shape index (κ1) is 19.4. The van der Waals surface area contributed by atoms with Gasteiger partial charge in [-0.1, -0.05) is 24.1 Å². The largest absolute Gasteiger partial charge is 0.491 e. The highest BCUT2D eigenvalue weighted by atomic mass is 35.5. The molecule has 7 heteroatoms. The molecule has 1 aromatic carbocycles. The summed E-state index contributed by atoms with van der Waals surface area (Å²) in [5, 5.41) is 9.97. The molecule has 0 spiro atoms. The number of halogens is 1. The van der Waals surface area contributed by atoms with Crippen LogP contribution in [0.2, 0.25) is 5.02 Å². The predicted molar refractivity (Wildman–Crippen MR) is 99.9 cm³/mol. The summed E-state index contributed by atoms with van der Waals surface area (Å²) in [5.74, 6) is -0.0593. The van der Waals surface area contributed by atoms with Crippen LogP contribution in [0.4, 0.5) is 0 Å². The molecule has 0 aliphatic carbocycles. The minimum Gasteiger partial charge on any atom is -0.491 e. The number of carbonyl (C=O) groups is 1. The molecular weight excluding hydrogens is 356 g/mol. The number of nitrogens with zero attached hydrogens (tertiary/aromatic N) is 2. The van der Waals surface area contributed by atoms with Gasteiger partial charge in [-0.2, -0.15) is 0 Å². The van der Waals surface area contributed by atoms with E-state index in [2.05, 4.69) is 4.90 Å². The fraction of sp³-hybridized carbons (Fsp3) is 0.632. The van der Waals surface area contributed by atoms with E-state index in [1.807, 2.05) is 23.1 Å². The fourth-order valence-electron chi connectivity index (χ4n) is 3.56. The molecule has 2 heterocycles. The summed E-state index contributed by atoms with van der Waals surface area (Å²) >= 11 is 6.37. The third kappa shape index (κ3) is 5.33. The molecule has 0 amide bonds. The molecule has 6 nitrogen and oxygen atoms in total. The van der Waals surface area contributed by atoms with Gasteiger partial charge in [-0.05, 0) is 37.1 Å². The molecule has 2 aliphatic heterocycles. The molecule has 1 atom stereocenters. The van der Waals surface area contributed by atoms with Gasteiger partial charge in [-0.25, -0.2) is 0 Å². The van der Waals surface area contributed by atoms with Gasteiger partial charge in [-0.3, -0.25) is 14.6 Å². The van der Waals surface area contributed by atoms with Crippen molar-refractivity contribution in [1.29, 1.82) is 0 Å². The number of likely N-dealkylation sites (tertiary alicyclic amines) is 1.